The highest BCUT2D eigenvalue weighted by Gasteiger charge is 2.20. The lowest BCUT2D eigenvalue weighted by Crippen LogP contribution is -2.06. The number of rotatable bonds is 10. The Labute approximate surface area is 190 Å². The summed E-state index contributed by atoms with van der Waals surface area (Å²) in [5.74, 6) is 0.317. The number of unbranched alkanes of at least 4 members (excludes halogenated alkanes) is 1. The molecule has 0 amide bonds. The second-order valence-electron chi connectivity index (χ2n) is 7.21. The number of halogens is 2. The van der Waals surface area contributed by atoms with E-state index in [1.165, 1.54) is 6.07 Å². The van der Waals surface area contributed by atoms with Crippen molar-refractivity contribution in [2.75, 3.05) is 0 Å². The van der Waals surface area contributed by atoms with E-state index >= 15 is 0 Å². The number of aromatic amines is 1. The van der Waals surface area contributed by atoms with Crippen molar-refractivity contribution >= 4 is 29.2 Å². The molecule has 3 rings (SSSR count). The first-order valence-corrected chi connectivity index (χ1v) is 10.8. The molecule has 0 saturated carbocycles. The van der Waals surface area contributed by atoms with Crippen LogP contribution in [0.5, 0.6) is 5.75 Å². The van der Waals surface area contributed by atoms with Crippen LogP contribution in [0.2, 0.25) is 10.2 Å². The molecule has 2 aromatic carbocycles. The van der Waals surface area contributed by atoms with Gasteiger partial charge in [0.05, 0.1) is 17.9 Å². The fourth-order valence-electron chi connectivity index (χ4n) is 3.38. The molecule has 164 valence electrons. The normalized spacial score (nSPS) is 12.0. The summed E-state index contributed by atoms with van der Waals surface area (Å²) in [6.45, 7) is 2.05. The molecule has 0 saturated heterocycles. The maximum Gasteiger partial charge on any atom is 0.336 e. The van der Waals surface area contributed by atoms with E-state index in [9.17, 15) is 15.0 Å². The van der Waals surface area contributed by atoms with E-state index in [-0.39, 0.29) is 29.8 Å². The molecule has 0 aliphatic heterocycles. The molecule has 8 heteroatoms. The number of aliphatic hydroxyl groups excluding tert-OH is 1. The summed E-state index contributed by atoms with van der Waals surface area (Å²) < 4.78 is 5.80. The van der Waals surface area contributed by atoms with Crippen molar-refractivity contribution in [3.8, 4) is 5.75 Å². The number of carbonyl (C=O) groups is 1. The Morgan fingerprint density at radius 1 is 1.19 bits per heavy atom. The fraction of sp³-hybridized carbons (Fsp3) is 0.304. The zero-order chi connectivity index (χ0) is 22.4. The number of H-pyrrole nitrogens is 1. The van der Waals surface area contributed by atoms with E-state index in [1.54, 1.807) is 12.1 Å². The molecule has 0 aliphatic carbocycles. The minimum absolute atomic E-state index is 0.0154. The highest BCUT2D eigenvalue weighted by molar-refractivity contribution is 6.31. The topological polar surface area (TPSA) is 95.4 Å². The van der Waals surface area contributed by atoms with E-state index in [0.29, 0.717) is 22.0 Å². The summed E-state index contributed by atoms with van der Waals surface area (Å²) >= 11 is 12.0. The van der Waals surface area contributed by atoms with E-state index in [1.807, 2.05) is 24.3 Å². The second-order valence-corrected chi connectivity index (χ2v) is 8.00. The summed E-state index contributed by atoms with van der Waals surface area (Å²) in [5, 5.41) is 19.4. The van der Waals surface area contributed by atoms with E-state index < -0.39 is 5.97 Å². The molecule has 0 bridgehead atoms. The number of aromatic nitrogens is 2. The lowest BCUT2D eigenvalue weighted by atomic mass is 9.93. The maximum absolute atomic E-state index is 11.4. The van der Waals surface area contributed by atoms with Crippen LogP contribution in [0.4, 0.5) is 0 Å². The third-order valence-electron chi connectivity index (χ3n) is 5.06. The lowest BCUT2D eigenvalue weighted by molar-refractivity contribution is 0.0694. The van der Waals surface area contributed by atoms with E-state index in [2.05, 4.69) is 16.9 Å². The number of imidazole rings is 1. The highest BCUT2D eigenvalue weighted by Crippen LogP contribution is 2.31. The molecule has 6 nitrogen and oxygen atoms in total. The number of carboxylic acid groups (broad SMARTS) is 1. The number of ether oxygens (including phenoxy) is 1. The van der Waals surface area contributed by atoms with Crippen molar-refractivity contribution in [1.82, 2.24) is 9.97 Å². The average Bonchev–Trinajstić information content (AvgIpc) is 3.14. The van der Waals surface area contributed by atoms with Gasteiger partial charge in [-0.1, -0.05) is 61.2 Å². The van der Waals surface area contributed by atoms with Crippen molar-refractivity contribution in [2.24, 2.45) is 0 Å². The summed E-state index contributed by atoms with van der Waals surface area (Å²) in [6.07, 6.45) is 2.95. The summed E-state index contributed by atoms with van der Waals surface area (Å²) in [5.41, 5.74) is 2.23. The molecule has 0 aliphatic rings. The second kappa shape index (κ2) is 10.7. The van der Waals surface area contributed by atoms with Crippen LogP contribution in [0, 0.1) is 0 Å². The number of benzene rings is 2. The zero-order valence-corrected chi connectivity index (χ0v) is 18.6. The van der Waals surface area contributed by atoms with Gasteiger partial charge in [-0.2, -0.15) is 0 Å². The molecular weight excluding hydrogens is 439 g/mol. The first-order valence-electron chi connectivity index (χ1n) is 10.0. The Morgan fingerprint density at radius 3 is 2.55 bits per heavy atom. The molecule has 3 aromatic rings. The average molecular weight is 463 g/mol. The van der Waals surface area contributed by atoms with Gasteiger partial charge in [0.2, 0.25) is 0 Å². The van der Waals surface area contributed by atoms with Gasteiger partial charge in [-0.05, 0) is 36.2 Å². The number of nitrogens with one attached hydrogen (secondary N) is 1. The SMILES string of the molecule is CCCCC(c1ccc(OCc2ccc(Cl)cc2C(=O)O)cc1)c1nc(Cl)c(CO)[nH]1. The van der Waals surface area contributed by atoms with Crippen molar-refractivity contribution in [3.63, 3.8) is 0 Å². The van der Waals surface area contributed by atoms with Crippen LogP contribution in [0.3, 0.4) is 0 Å². The number of aromatic carboxylic acids is 1. The van der Waals surface area contributed by atoms with Crippen molar-refractivity contribution in [1.29, 1.82) is 0 Å². The Hall–Kier alpha value is -2.54. The first kappa shape index (κ1) is 23.1. The maximum atomic E-state index is 11.4. The number of aliphatic hydroxyl groups is 1. The van der Waals surface area contributed by atoms with Crippen LogP contribution in [-0.4, -0.2) is 26.2 Å². The number of hydrogen-bond donors (Lipinski definition) is 3. The molecule has 0 radical (unpaired) electrons. The number of nitrogens with zero attached hydrogens (tertiary/aromatic N) is 1. The Morgan fingerprint density at radius 2 is 1.94 bits per heavy atom. The molecule has 31 heavy (non-hydrogen) atoms. The van der Waals surface area contributed by atoms with Gasteiger partial charge in [-0.3, -0.25) is 0 Å². The summed E-state index contributed by atoms with van der Waals surface area (Å²) in [6, 6.07) is 12.3. The number of hydrogen-bond acceptors (Lipinski definition) is 4. The van der Waals surface area contributed by atoms with Gasteiger partial charge in [-0.15, -0.1) is 0 Å². The molecule has 0 spiro atoms. The summed E-state index contributed by atoms with van der Waals surface area (Å²) in [4.78, 5) is 19.0. The molecule has 1 aromatic heterocycles. The van der Waals surface area contributed by atoms with Crippen LogP contribution >= 0.6 is 23.2 Å². The van der Waals surface area contributed by atoms with Crippen LogP contribution in [0.15, 0.2) is 42.5 Å². The standard InChI is InChI=1S/C23H24Cl2N2O4/c1-2-3-4-18(22-26-20(12-28)21(25)27-22)14-6-9-17(10-7-14)31-13-15-5-8-16(24)11-19(15)23(29)30/h5-11,18,28H,2-4,12-13H2,1H3,(H,26,27)(H,29,30). The van der Waals surface area contributed by atoms with Crippen LogP contribution in [-0.2, 0) is 13.2 Å². The van der Waals surface area contributed by atoms with Gasteiger partial charge >= 0.3 is 5.97 Å². The van der Waals surface area contributed by atoms with Crippen LogP contribution in [0.25, 0.3) is 0 Å². The van der Waals surface area contributed by atoms with Gasteiger partial charge in [0.15, 0.2) is 5.15 Å². The first-order chi connectivity index (χ1) is 14.9. The predicted molar refractivity (Wildman–Crippen MR) is 120 cm³/mol. The molecule has 1 atom stereocenters. The van der Waals surface area contributed by atoms with Crippen molar-refractivity contribution in [2.45, 2.75) is 45.3 Å². The van der Waals surface area contributed by atoms with E-state index in [0.717, 1.165) is 30.7 Å². The number of carboxylic acids is 1. The Balaban J connectivity index is 1.76. The molecular formula is C23H24Cl2N2O4. The highest BCUT2D eigenvalue weighted by atomic mass is 35.5. The summed E-state index contributed by atoms with van der Waals surface area (Å²) in [7, 11) is 0. The van der Waals surface area contributed by atoms with Gasteiger partial charge in [0.25, 0.3) is 0 Å². The molecule has 1 unspecified atom stereocenters. The van der Waals surface area contributed by atoms with Gasteiger partial charge in [-0.25, -0.2) is 9.78 Å². The predicted octanol–water partition coefficient (Wildman–Crippen LogP) is 5.81. The van der Waals surface area contributed by atoms with Gasteiger partial charge < -0.3 is 19.9 Å². The third-order valence-corrected chi connectivity index (χ3v) is 5.61. The largest absolute Gasteiger partial charge is 0.489 e. The van der Waals surface area contributed by atoms with Gasteiger partial charge in [0, 0.05) is 16.5 Å². The smallest absolute Gasteiger partial charge is 0.336 e. The van der Waals surface area contributed by atoms with Crippen LogP contribution < -0.4 is 4.74 Å². The van der Waals surface area contributed by atoms with Crippen molar-refractivity contribution < 1.29 is 19.7 Å². The lowest BCUT2D eigenvalue weighted by Gasteiger charge is -2.16. The van der Waals surface area contributed by atoms with Crippen molar-refractivity contribution in [3.05, 3.63) is 80.8 Å². The molecule has 3 N–H and O–H groups in total. The molecule has 1 heterocycles. The quantitative estimate of drug-likeness (QED) is 0.353. The monoisotopic (exact) mass is 462 g/mol. The van der Waals surface area contributed by atoms with Crippen LogP contribution in [0.1, 0.15) is 65.1 Å². The Bertz CT molecular complexity index is 1030. The minimum atomic E-state index is -1.05. The van der Waals surface area contributed by atoms with E-state index in [4.69, 9.17) is 27.9 Å². The zero-order valence-electron chi connectivity index (χ0n) is 17.1. The minimum Gasteiger partial charge on any atom is -0.489 e. The Kier molecular flexibility index (Phi) is 7.96. The third kappa shape index (κ3) is 5.79. The van der Waals surface area contributed by atoms with Gasteiger partial charge in [0.1, 0.15) is 18.2 Å². The fourth-order valence-corrected chi connectivity index (χ4v) is 3.75. The molecule has 0 fully saturated rings.